The molecule has 0 saturated carbocycles. The maximum Gasteiger partial charge on any atom is 0.344 e. The SMILES string of the molecule is Cc1ccc(OCC(=O)O[C@H](C)C(=O)NC(=O)NC(C)C)c(C)c1. The van der Waals surface area contributed by atoms with Crippen molar-refractivity contribution in [3.05, 3.63) is 29.3 Å². The fourth-order valence-corrected chi connectivity index (χ4v) is 1.89. The molecule has 0 aliphatic heterocycles. The van der Waals surface area contributed by atoms with Crippen molar-refractivity contribution in [1.82, 2.24) is 10.6 Å². The predicted molar refractivity (Wildman–Crippen MR) is 88.8 cm³/mol. The Morgan fingerprint density at radius 1 is 1.12 bits per heavy atom. The van der Waals surface area contributed by atoms with Crippen LogP contribution in [0.4, 0.5) is 4.79 Å². The smallest absolute Gasteiger partial charge is 0.344 e. The van der Waals surface area contributed by atoms with Crippen LogP contribution in [0.2, 0.25) is 0 Å². The summed E-state index contributed by atoms with van der Waals surface area (Å²) in [7, 11) is 0. The van der Waals surface area contributed by atoms with Gasteiger partial charge in [0.15, 0.2) is 12.7 Å². The van der Waals surface area contributed by atoms with E-state index in [9.17, 15) is 14.4 Å². The van der Waals surface area contributed by atoms with E-state index in [1.54, 1.807) is 19.9 Å². The van der Waals surface area contributed by atoms with Crippen LogP contribution in [-0.4, -0.2) is 36.7 Å². The molecule has 7 nitrogen and oxygen atoms in total. The van der Waals surface area contributed by atoms with Gasteiger partial charge in [0.2, 0.25) is 0 Å². The molecule has 0 aromatic heterocycles. The molecule has 0 heterocycles. The van der Waals surface area contributed by atoms with E-state index in [-0.39, 0.29) is 12.6 Å². The van der Waals surface area contributed by atoms with Gasteiger partial charge in [0.05, 0.1) is 0 Å². The van der Waals surface area contributed by atoms with Gasteiger partial charge in [0.25, 0.3) is 5.91 Å². The first-order chi connectivity index (χ1) is 11.2. The third-order valence-electron chi connectivity index (χ3n) is 3.01. The van der Waals surface area contributed by atoms with Crippen LogP contribution >= 0.6 is 0 Å². The number of benzene rings is 1. The second-order valence-corrected chi connectivity index (χ2v) is 5.81. The molecule has 1 aromatic rings. The lowest BCUT2D eigenvalue weighted by atomic mass is 10.1. The highest BCUT2D eigenvalue weighted by atomic mass is 16.6. The quantitative estimate of drug-likeness (QED) is 0.773. The molecule has 0 bridgehead atoms. The van der Waals surface area contributed by atoms with Crippen LogP contribution in [0.3, 0.4) is 0 Å². The van der Waals surface area contributed by atoms with Crippen LogP contribution in [0.15, 0.2) is 18.2 Å². The Bertz CT molecular complexity index is 613. The number of carbonyl (C=O) groups is 3. The first-order valence-corrected chi connectivity index (χ1v) is 7.70. The molecule has 0 fully saturated rings. The van der Waals surface area contributed by atoms with Gasteiger partial charge in [-0.05, 0) is 46.2 Å². The van der Waals surface area contributed by atoms with E-state index in [1.165, 1.54) is 6.92 Å². The van der Waals surface area contributed by atoms with Crippen molar-refractivity contribution >= 4 is 17.9 Å². The molecule has 1 aromatic carbocycles. The monoisotopic (exact) mass is 336 g/mol. The van der Waals surface area contributed by atoms with E-state index in [4.69, 9.17) is 9.47 Å². The largest absolute Gasteiger partial charge is 0.482 e. The Labute approximate surface area is 141 Å². The van der Waals surface area contributed by atoms with Crippen molar-refractivity contribution < 1.29 is 23.9 Å². The highest BCUT2D eigenvalue weighted by Gasteiger charge is 2.20. The van der Waals surface area contributed by atoms with Crippen LogP contribution in [0, 0.1) is 13.8 Å². The number of ether oxygens (including phenoxy) is 2. The molecule has 0 aliphatic carbocycles. The van der Waals surface area contributed by atoms with Gasteiger partial charge in [-0.3, -0.25) is 10.1 Å². The first-order valence-electron chi connectivity index (χ1n) is 7.70. The fraction of sp³-hybridized carbons (Fsp3) is 0.471. The number of rotatable bonds is 6. The van der Waals surface area contributed by atoms with E-state index in [1.807, 2.05) is 26.0 Å². The summed E-state index contributed by atoms with van der Waals surface area (Å²) >= 11 is 0. The van der Waals surface area contributed by atoms with E-state index < -0.39 is 24.0 Å². The average molecular weight is 336 g/mol. The lowest BCUT2D eigenvalue weighted by Gasteiger charge is -2.15. The third-order valence-corrected chi connectivity index (χ3v) is 3.01. The van der Waals surface area contributed by atoms with Gasteiger partial charge in [-0.25, -0.2) is 9.59 Å². The second-order valence-electron chi connectivity index (χ2n) is 5.81. The zero-order valence-electron chi connectivity index (χ0n) is 14.6. The number of amides is 3. The van der Waals surface area contributed by atoms with Crippen molar-refractivity contribution in [3.63, 3.8) is 0 Å². The lowest BCUT2D eigenvalue weighted by Crippen LogP contribution is -2.46. The Kier molecular flexibility index (Phi) is 7.23. The lowest BCUT2D eigenvalue weighted by molar-refractivity contribution is -0.156. The minimum absolute atomic E-state index is 0.109. The maximum atomic E-state index is 11.7. The number of nitrogens with one attached hydrogen (secondary N) is 2. The van der Waals surface area contributed by atoms with Crippen molar-refractivity contribution in [3.8, 4) is 5.75 Å². The van der Waals surface area contributed by atoms with E-state index in [0.29, 0.717) is 5.75 Å². The molecule has 0 aliphatic rings. The van der Waals surface area contributed by atoms with Crippen LogP contribution in [0.5, 0.6) is 5.75 Å². The third kappa shape index (κ3) is 6.68. The molecule has 24 heavy (non-hydrogen) atoms. The number of aryl methyl sites for hydroxylation is 2. The topological polar surface area (TPSA) is 93.7 Å². The summed E-state index contributed by atoms with van der Waals surface area (Å²) < 4.78 is 10.3. The molecule has 0 radical (unpaired) electrons. The zero-order valence-corrected chi connectivity index (χ0v) is 14.6. The fourth-order valence-electron chi connectivity index (χ4n) is 1.89. The molecule has 0 spiro atoms. The normalized spacial score (nSPS) is 11.6. The summed E-state index contributed by atoms with van der Waals surface area (Å²) in [5.74, 6) is -0.819. The van der Waals surface area contributed by atoms with Crippen molar-refractivity contribution in [2.24, 2.45) is 0 Å². The Hall–Kier alpha value is -2.57. The highest BCUT2D eigenvalue weighted by molar-refractivity contribution is 5.97. The number of hydrogen-bond donors (Lipinski definition) is 2. The standard InChI is InChI=1S/C17H24N2O5/c1-10(2)18-17(22)19-16(21)13(5)24-15(20)9-23-14-7-6-11(3)8-12(14)4/h6-8,10,13H,9H2,1-5H3,(H2,18,19,21,22)/t13-/m1/s1. The number of hydrogen-bond acceptors (Lipinski definition) is 5. The minimum Gasteiger partial charge on any atom is -0.482 e. The molecule has 132 valence electrons. The Morgan fingerprint density at radius 3 is 2.38 bits per heavy atom. The molecular formula is C17H24N2O5. The summed E-state index contributed by atoms with van der Waals surface area (Å²) in [6.45, 7) is 8.42. The molecule has 7 heteroatoms. The predicted octanol–water partition coefficient (Wildman–Crippen LogP) is 1.85. The van der Waals surface area contributed by atoms with Crippen LogP contribution < -0.4 is 15.4 Å². The van der Waals surface area contributed by atoms with Gasteiger partial charge in [-0.15, -0.1) is 0 Å². The van der Waals surface area contributed by atoms with E-state index in [0.717, 1.165) is 11.1 Å². The zero-order chi connectivity index (χ0) is 18.3. The number of esters is 1. The maximum absolute atomic E-state index is 11.7. The van der Waals surface area contributed by atoms with Gasteiger partial charge in [0, 0.05) is 6.04 Å². The minimum atomic E-state index is -1.10. The number of carbonyl (C=O) groups excluding carboxylic acids is 3. The van der Waals surface area contributed by atoms with Crippen molar-refractivity contribution in [2.45, 2.75) is 46.8 Å². The Balaban J connectivity index is 2.43. The summed E-state index contributed by atoms with van der Waals surface area (Å²) in [4.78, 5) is 34.9. The number of imide groups is 1. The van der Waals surface area contributed by atoms with Crippen LogP contribution in [0.25, 0.3) is 0 Å². The molecule has 2 N–H and O–H groups in total. The van der Waals surface area contributed by atoms with Crippen LogP contribution in [0.1, 0.15) is 31.9 Å². The van der Waals surface area contributed by atoms with Crippen molar-refractivity contribution in [1.29, 1.82) is 0 Å². The average Bonchev–Trinajstić information content (AvgIpc) is 2.45. The second kappa shape index (κ2) is 8.90. The highest BCUT2D eigenvalue weighted by Crippen LogP contribution is 2.18. The summed E-state index contributed by atoms with van der Waals surface area (Å²) in [5, 5.41) is 4.60. The van der Waals surface area contributed by atoms with Gasteiger partial charge in [-0.2, -0.15) is 0 Å². The molecule has 3 amide bonds. The Morgan fingerprint density at radius 2 is 1.79 bits per heavy atom. The van der Waals surface area contributed by atoms with E-state index in [2.05, 4.69) is 10.6 Å². The van der Waals surface area contributed by atoms with Gasteiger partial charge >= 0.3 is 12.0 Å². The van der Waals surface area contributed by atoms with Gasteiger partial charge < -0.3 is 14.8 Å². The summed E-state index contributed by atoms with van der Waals surface area (Å²) in [6, 6.07) is 4.83. The molecule has 0 unspecified atom stereocenters. The van der Waals surface area contributed by atoms with Crippen LogP contribution in [-0.2, 0) is 14.3 Å². The molecule has 0 saturated heterocycles. The molecule has 1 rings (SSSR count). The van der Waals surface area contributed by atoms with Gasteiger partial charge in [0.1, 0.15) is 5.75 Å². The summed E-state index contributed by atoms with van der Waals surface area (Å²) in [5.41, 5.74) is 1.99. The number of urea groups is 1. The first kappa shape index (κ1) is 19.5. The van der Waals surface area contributed by atoms with Gasteiger partial charge in [-0.1, -0.05) is 17.7 Å². The molecular weight excluding hydrogens is 312 g/mol. The van der Waals surface area contributed by atoms with E-state index >= 15 is 0 Å². The molecule has 1 atom stereocenters. The van der Waals surface area contributed by atoms with Crippen molar-refractivity contribution in [2.75, 3.05) is 6.61 Å². The summed E-state index contributed by atoms with van der Waals surface area (Å²) in [6.07, 6.45) is -1.10.